The van der Waals surface area contributed by atoms with Crippen LogP contribution in [0.1, 0.15) is 27.2 Å². The molecule has 0 aromatic heterocycles. The van der Waals surface area contributed by atoms with Crippen LogP contribution in [0, 0.1) is 5.82 Å². The standard InChI is InChI=1S/C14H19FN2O4/c1-14(2,3)21-11-8-9(15)4-5-10(11)17-13(20)16-7-6-12(18)19/h4-5,8H,6-7H2,1-3H3,(H,18,19)(H2,16,17,20). The number of hydrogen-bond donors (Lipinski definition) is 3. The summed E-state index contributed by atoms with van der Waals surface area (Å²) in [6, 6.07) is 3.18. The van der Waals surface area contributed by atoms with E-state index in [1.165, 1.54) is 18.2 Å². The minimum Gasteiger partial charge on any atom is -0.486 e. The number of ether oxygens (including phenoxy) is 1. The maximum atomic E-state index is 13.3. The summed E-state index contributed by atoms with van der Waals surface area (Å²) < 4.78 is 18.9. The first-order chi connectivity index (χ1) is 9.67. The largest absolute Gasteiger partial charge is 0.486 e. The normalized spacial score (nSPS) is 10.9. The number of amides is 2. The number of carboxylic acid groups (broad SMARTS) is 1. The third-order valence-electron chi connectivity index (χ3n) is 2.23. The number of carbonyl (C=O) groups is 2. The number of rotatable bonds is 5. The molecule has 0 radical (unpaired) electrons. The van der Waals surface area contributed by atoms with E-state index in [9.17, 15) is 14.0 Å². The van der Waals surface area contributed by atoms with Gasteiger partial charge in [-0.25, -0.2) is 9.18 Å². The lowest BCUT2D eigenvalue weighted by Crippen LogP contribution is -2.31. The summed E-state index contributed by atoms with van der Waals surface area (Å²) >= 11 is 0. The monoisotopic (exact) mass is 298 g/mol. The van der Waals surface area contributed by atoms with Crippen molar-refractivity contribution >= 4 is 17.7 Å². The van der Waals surface area contributed by atoms with Crippen LogP contribution in [0.5, 0.6) is 5.75 Å². The highest BCUT2D eigenvalue weighted by molar-refractivity contribution is 5.91. The molecule has 0 saturated carbocycles. The van der Waals surface area contributed by atoms with Crippen LogP contribution in [-0.2, 0) is 4.79 Å². The maximum absolute atomic E-state index is 13.3. The summed E-state index contributed by atoms with van der Waals surface area (Å²) in [7, 11) is 0. The Hall–Kier alpha value is -2.31. The summed E-state index contributed by atoms with van der Waals surface area (Å²) in [6.07, 6.45) is -0.178. The van der Waals surface area contributed by atoms with Gasteiger partial charge in [0.05, 0.1) is 12.1 Å². The molecule has 2 amide bonds. The van der Waals surface area contributed by atoms with Gasteiger partial charge in [0.15, 0.2) is 0 Å². The van der Waals surface area contributed by atoms with Crippen LogP contribution in [0.4, 0.5) is 14.9 Å². The molecule has 1 aromatic carbocycles. The zero-order valence-electron chi connectivity index (χ0n) is 12.2. The van der Waals surface area contributed by atoms with Gasteiger partial charge >= 0.3 is 12.0 Å². The molecule has 21 heavy (non-hydrogen) atoms. The Bertz CT molecular complexity index is 526. The molecule has 0 aliphatic carbocycles. The number of nitrogens with one attached hydrogen (secondary N) is 2. The molecule has 116 valence electrons. The van der Waals surface area contributed by atoms with E-state index >= 15 is 0 Å². The molecule has 0 spiro atoms. The minimum atomic E-state index is -1.01. The van der Waals surface area contributed by atoms with Crippen LogP contribution in [0.3, 0.4) is 0 Å². The van der Waals surface area contributed by atoms with Crippen LogP contribution >= 0.6 is 0 Å². The third-order valence-corrected chi connectivity index (χ3v) is 2.23. The highest BCUT2D eigenvalue weighted by Crippen LogP contribution is 2.28. The van der Waals surface area contributed by atoms with Crippen LogP contribution in [-0.4, -0.2) is 29.3 Å². The maximum Gasteiger partial charge on any atom is 0.319 e. The average Bonchev–Trinajstić information content (AvgIpc) is 2.30. The van der Waals surface area contributed by atoms with Gasteiger partial charge in [-0.3, -0.25) is 4.79 Å². The Morgan fingerprint density at radius 2 is 2.00 bits per heavy atom. The molecular weight excluding hydrogens is 279 g/mol. The number of carbonyl (C=O) groups excluding carboxylic acids is 1. The predicted octanol–water partition coefficient (Wildman–Crippen LogP) is 2.60. The van der Waals surface area contributed by atoms with Crippen molar-refractivity contribution in [1.29, 1.82) is 0 Å². The van der Waals surface area contributed by atoms with Gasteiger partial charge in [0.2, 0.25) is 0 Å². The van der Waals surface area contributed by atoms with Gasteiger partial charge in [-0.1, -0.05) is 0 Å². The van der Waals surface area contributed by atoms with Crippen molar-refractivity contribution in [2.75, 3.05) is 11.9 Å². The molecule has 3 N–H and O–H groups in total. The van der Waals surface area contributed by atoms with Gasteiger partial charge in [0, 0.05) is 12.6 Å². The van der Waals surface area contributed by atoms with E-state index in [0.717, 1.165) is 0 Å². The van der Waals surface area contributed by atoms with Crippen molar-refractivity contribution in [2.45, 2.75) is 32.8 Å². The Kier molecular flexibility index (Phi) is 5.52. The zero-order chi connectivity index (χ0) is 16.0. The molecular formula is C14H19FN2O4. The van der Waals surface area contributed by atoms with Crippen molar-refractivity contribution < 1.29 is 23.8 Å². The van der Waals surface area contributed by atoms with E-state index in [4.69, 9.17) is 9.84 Å². The van der Waals surface area contributed by atoms with Gasteiger partial charge in [0.1, 0.15) is 17.2 Å². The Labute approximate surface area is 122 Å². The molecule has 1 rings (SSSR count). The Morgan fingerprint density at radius 3 is 2.57 bits per heavy atom. The van der Waals surface area contributed by atoms with Crippen molar-refractivity contribution in [2.24, 2.45) is 0 Å². The Balaban J connectivity index is 2.73. The molecule has 0 bridgehead atoms. The molecule has 0 atom stereocenters. The lowest BCUT2D eigenvalue weighted by Gasteiger charge is -2.23. The molecule has 0 unspecified atom stereocenters. The first-order valence-electron chi connectivity index (χ1n) is 6.42. The number of aliphatic carboxylic acids is 1. The average molecular weight is 298 g/mol. The zero-order valence-corrected chi connectivity index (χ0v) is 12.2. The van der Waals surface area contributed by atoms with Gasteiger partial charge in [-0.2, -0.15) is 0 Å². The van der Waals surface area contributed by atoms with E-state index < -0.39 is 23.4 Å². The summed E-state index contributed by atoms with van der Waals surface area (Å²) in [5, 5.41) is 13.4. The van der Waals surface area contributed by atoms with E-state index in [-0.39, 0.29) is 18.7 Å². The number of urea groups is 1. The SMILES string of the molecule is CC(C)(C)Oc1cc(F)ccc1NC(=O)NCCC(=O)O. The molecule has 0 aliphatic rings. The van der Waals surface area contributed by atoms with Crippen molar-refractivity contribution in [3.63, 3.8) is 0 Å². The van der Waals surface area contributed by atoms with Crippen molar-refractivity contribution in [3.05, 3.63) is 24.0 Å². The van der Waals surface area contributed by atoms with Crippen molar-refractivity contribution in [1.82, 2.24) is 5.32 Å². The van der Waals surface area contributed by atoms with Crippen LogP contribution in [0.2, 0.25) is 0 Å². The Morgan fingerprint density at radius 1 is 1.33 bits per heavy atom. The fraction of sp³-hybridized carbons (Fsp3) is 0.429. The quantitative estimate of drug-likeness (QED) is 0.779. The fourth-order valence-electron chi connectivity index (χ4n) is 1.46. The number of halogens is 1. The molecule has 6 nitrogen and oxygen atoms in total. The molecule has 7 heteroatoms. The minimum absolute atomic E-state index is 0.00216. The van der Waals surface area contributed by atoms with E-state index in [0.29, 0.717) is 5.69 Å². The topological polar surface area (TPSA) is 87.7 Å². The lowest BCUT2D eigenvalue weighted by atomic mass is 10.2. The second-order valence-corrected chi connectivity index (χ2v) is 5.38. The van der Waals surface area contributed by atoms with Gasteiger partial charge in [-0.15, -0.1) is 0 Å². The van der Waals surface area contributed by atoms with E-state index in [1.807, 2.05) is 0 Å². The molecule has 0 heterocycles. The smallest absolute Gasteiger partial charge is 0.319 e. The first-order valence-corrected chi connectivity index (χ1v) is 6.42. The molecule has 1 aromatic rings. The third kappa shape index (κ3) is 6.60. The second kappa shape index (κ2) is 6.92. The predicted molar refractivity (Wildman–Crippen MR) is 76.1 cm³/mol. The van der Waals surface area contributed by atoms with Gasteiger partial charge in [-0.05, 0) is 32.9 Å². The van der Waals surface area contributed by atoms with Crippen LogP contribution in [0.15, 0.2) is 18.2 Å². The summed E-state index contributed by atoms with van der Waals surface area (Å²) in [5.74, 6) is -1.28. The number of anilines is 1. The summed E-state index contributed by atoms with van der Waals surface area (Å²) in [6.45, 7) is 5.40. The number of hydrogen-bond acceptors (Lipinski definition) is 3. The summed E-state index contributed by atoms with van der Waals surface area (Å²) in [4.78, 5) is 22.0. The van der Waals surface area contributed by atoms with Gasteiger partial charge < -0.3 is 20.5 Å². The highest BCUT2D eigenvalue weighted by Gasteiger charge is 2.16. The van der Waals surface area contributed by atoms with E-state index in [2.05, 4.69) is 10.6 Å². The van der Waals surface area contributed by atoms with Gasteiger partial charge in [0.25, 0.3) is 0 Å². The second-order valence-electron chi connectivity index (χ2n) is 5.38. The lowest BCUT2D eigenvalue weighted by molar-refractivity contribution is -0.136. The van der Waals surface area contributed by atoms with Crippen LogP contribution in [0.25, 0.3) is 0 Å². The fourth-order valence-corrected chi connectivity index (χ4v) is 1.46. The first kappa shape index (κ1) is 16.7. The molecule has 0 aliphatic heterocycles. The van der Waals surface area contributed by atoms with Crippen molar-refractivity contribution in [3.8, 4) is 5.75 Å². The molecule has 0 saturated heterocycles. The number of carboxylic acids is 1. The number of benzene rings is 1. The molecule has 0 fully saturated rings. The highest BCUT2D eigenvalue weighted by atomic mass is 19.1. The van der Waals surface area contributed by atoms with Crippen LogP contribution < -0.4 is 15.4 Å². The van der Waals surface area contributed by atoms with E-state index in [1.54, 1.807) is 20.8 Å². The summed E-state index contributed by atoms with van der Waals surface area (Å²) in [5.41, 5.74) is -0.247.